The lowest BCUT2D eigenvalue weighted by atomic mass is 10.0. The summed E-state index contributed by atoms with van der Waals surface area (Å²) >= 11 is 5.98. The van der Waals surface area contributed by atoms with Crippen LogP contribution in [0.2, 0.25) is 5.02 Å². The van der Waals surface area contributed by atoms with Crippen LogP contribution in [0.5, 0.6) is 0 Å². The van der Waals surface area contributed by atoms with Gasteiger partial charge in [0.1, 0.15) is 24.2 Å². The standard InChI is InChI=1S/C22H14ClF3N6O3/c23-14-6-15(9-29-8-14)32-20(33)18(12-1-2-17(24)13(5-12)7-28)19(31(4-3-27)22(32)34)30-10-16(11-30)35-21(25)26/h1-2,5-6,8-9,16,21H,4,10-11H2. The smallest absolute Gasteiger partial charge is 0.345 e. The molecule has 1 aliphatic rings. The van der Waals surface area contributed by atoms with Crippen LogP contribution in [0.1, 0.15) is 5.56 Å². The molecule has 0 saturated carbocycles. The van der Waals surface area contributed by atoms with Gasteiger partial charge >= 0.3 is 12.3 Å². The molecule has 0 unspecified atom stereocenters. The molecule has 1 saturated heterocycles. The molecule has 0 aliphatic carbocycles. The predicted octanol–water partition coefficient (Wildman–Crippen LogP) is 2.68. The Hall–Kier alpha value is -4.13. The first kappa shape index (κ1) is 24.0. The highest BCUT2D eigenvalue weighted by Gasteiger charge is 2.35. The van der Waals surface area contributed by atoms with Crippen LogP contribution in [0.3, 0.4) is 0 Å². The molecular weight excluding hydrogens is 489 g/mol. The molecule has 13 heteroatoms. The molecule has 178 valence electrons. The van der Waals surface area contributed by atoms with E-state index in [0.29, 0.717) is 0 Å². The normalized spacial score (nSPS) is 13.4. The zero-order chi connectivity index (χ0) is 25.3. The van der Waals surface area contributed by atoms with E-state index in [2.05, 4.69) is 9.72 Å². The number of anilines is 1. The fraction of sp³-hybridized carbons (Fsp3) is 0.227. The number of alkyl halides is 2. The molecule has 0 N–H and O–H groups in total. The van der Waals surface area contributed by atoms with E-state index in [1.165, 1.54) is 29.4 Å². The van der Waals surface area contributed by atoms with E-state index >= 15 is 0 Å². The van der Waals surface area contributed by atoms with E-state index in [0.717, 1.165) is 21.3 Å². The number of aromatic nitrogens is 3. The Labute approximate surface area is 200 Å². The van der Waals surface area contributed by atoms with E-state index < -0.39 is 36.3 Å². The van der Waals surface area contributed by atoms with Gasteiger partial charge in [-0.05, 0) is 23.8 Å². The first-order valence-electron chi connectivity index (χ1n) is 10.0. The monoisotopic (exact) mass is 502 g/mol. The zero-order valence-electron chi connectivity index (χ0n) is 17.7. The quantitative estimate of drug-likeness (QED) is 0.508. The summed E-state index contributed by atoms with van der Waals surface area (Å²) in [6.45, 7) is -3.71. The fourth-order valence-electron chi connectivity index (χ4n) is 3.79. The third-order valence-electron chi connectivity index (χ3n) is 5.31. The summed E-state index contributed by atoms with van der Waals surface area (Å²) in [4.78, 5) is 32.4. The second kappa shape index (κ2) is 9.62. The lowest BCUT2D eigenvalue weighted by Crippen LogP contribution is -2.56. The van der Waals surface area contributed by atoms with Gasteiger partial charge in [0, 0.05) is 19.3 Å². The molecule has 0 radical (unpaired) electrons. The molecule has 2 aromatic heterocycles. The summed E-state index contributed by atoms with van der Waals surface area (Å²) in [6, 6.07) is 8.21. The number of ether oxygens (including phenoxy) is 1. The van der Waals surface area contributed by atoms with Gasteiger partial charge in [0.15, 0.2) is 0 Å². The van der Waals surface area contributed by atoms with Gasteiger partial charge in [-0.2, -0.15) is 19.3 Å². The van der Waals surface area contributed by atoms with Crippen molar-refractivity contribution in [3.8, 4) is 29.0 Å². The van der Waals surface area contributed by atoms with Gasteiger partial charge in [0.2, 0.25) is 0 Å². The van der Waals surface area contributed by atoms with Crippen LogP contribution in [0.25, 0.3) is 16.8 Å². The molecule has 1 aliphatic heterocycles. The average Bonchev–Trinajstić information content (AvgIpc) is 2.78. The number of hydrogen-bond donors (Lipinski definition) is 0. The maximum atomic E-state index is 14.0. The van der Waals surface area contributed by atoms with Crippen molar-refractivity contribution < 1.29 is 17.9 Å². The van der Waals surface area contributed by atoms with Gasteiger partial charge in [-0.1, -0.05) is 17.7 Å². The molecule has 1 fully saturated rings. The van der Waals surface area contributed by atoms with Crippen molar-refractivity contribution in [2.75, 3.05) is 18.0 Å². The average molecular weight is 503 g/mol. The molecule has 4 rings (SSSR count). The minimum Gasteiger partial charge on any atom is -0.352 e. The van der Waals surface area contributed by atoms with Gasteiger partial charge in [-0.25, -0.2) is 13.8 Å². The molecule has 0 bridgehead atoms. The van der Waals surface area contributed by atoms with E-state index in [-0.39, 0.29) is 46.3 Å². The highest BCUT2D eigenvalue weighted by Crippen LogP contribution is 2.32. The molecule has 3 aromatic rings. The van der Waals surface area contributed by atoms with Crippen molar-refractivity contribution in [3.63, 3.8) is 0 Å². The van der Waals surface area contributed by atoms with Crippen molar-refractivity contribution in [2.45, 2.75) is 19.3 Å². The third kappa shape index (κ3) is 4.49. The highest BCUT2D eigenvalue weighted by atomic mass is 35.5. The minimum atomic E-state index is -3.01. The van der Waals surface area contributed by atoms with Crippen molar-refractivity contribution in [2.24, 2.45) is 0 Å². The summed E-state index contributed by atoms with van der Waals surface area (Å²) in [5, 5.41) is 18.8. The van der Waals surface area contributed by atoms with Crippen LogP contribution >= 0.6 is 11.6 Å². The Morgan fingerprint density at radius 2 is 1.94 bits per heavy atom. The van der Waals surface area contributed by atoms with Crippen molar-refractivity contribution in [1.82, 2.24) is 14.1 Å². The van der Waals surface area contributed by atoms with Crippen LogP contribution in [-0.2, 0) is 11.3 Å². The summed E-state index contributed by atoms with van der Waals surface area (Å²) < 4.78 is 45.5. The van der Waals surface area contributed by atoms with Crippen LogP contribution in [0.15, 0.2) is 46.2 Å². The lowest BCUT2D eigenvalue weighted by Gasteiger charge is -2.41. The summed E-state index contributed by atoms with van der Waals surface area (Å²) in [7, 11) is 0. The topological polar surface area (TPSA) is 117 Å². The van der Waals surface area contributed by atoms with E-state index in [9.17, 15) is 33.3 Å². The Kier molecular flexibility index (Phi) is 6.60. The second-order valence-corrected chi connectivity index (χ2v) is 7.89. The van der Waals surface area contributed by atoms with Gasteiger partial charge in [-0.15, -0.1) is 0 Å². The molecule has 9 nitrogen and oxygen atoms in total. The van der Waals surface area contributed by atoms with Gasteiger partial charge < -0.3 is 9.64 Å². The number of rotatable bonds is 6. The van der Waals surface area contributed by atoms with Crippen molar-refractivity contribution >= 4 is 17.4 Å². The van der Waals surface area contributed by atoms with Crippen LogP contribution in [0, 0.1) is 28.5 Å². The van der Waals surface area contributed by atoms with Crippen LogP contribution in [-0.4, -0.2) is 39.9 Å². The summed E-state index contributed by atoms with van der Waals surface area (Å²) in [5.41, 5.74) is -2.18. The largest absolute Gasteiger partial charge is 0.352 e. The number of pyridine rings is 1. The number of nitrogens with zero attached hydrogens (tertiary/aromatic N) is 6. The number of hydrogen-bond acceptors (Lipinski definition) is 7. The Morgan fingerprint density at radius 3 is 2.57 bits per heavy atom. The van der Waals surface area contributed by atoms with Crippen LogP contribution in [0.4, 0.5) is 19.0 Å². The van der Waals surface area contributed by atoms with E-state index in [1.807, 2.05) is 6.07 Å². The zero-order valence-corrected chi connectivity index (χ0v) is 18.4. The summed E-state index contributed by atoms with van der Waals surface area (Å²) in [6.07, 6.45) is 1.63. The maximum Gasteiger partial charge on any atom is 0.345 e. The van der Waals surface area contributed by atoms with Crippen molar-refractivity contribution in [3.05, 3.63) is 73.9 Å². The van der Waals surface area contributed by atoms with Gasteiger partial charge in [0.05, 0.1) is 40.2 Å². The molecule has 1 aromatic carbocycles. The Morgan fingerprint density at radius 1 is 1.20 bits per heavy atom. The number of halogens is 4. The highest BCUT2D eigenvalue weighted by molar-refractivity contribution is 6.30. The van der Waals surface area contributed by atoms with E-state index in [1.54, 1.807) is 6.07 Å². The molecule has 35 heavy (non-hydrogen) atoms. The maximum absolute atomic E-state index is 14.0. The first-order chi connectivity index (χ1) is 16.7. The molecule has 0 amide bonds. The fourth-order valence-corrected chi connectivity index (χ4v) is 3.96. The number of nitriles is 2. The molecular formula is C22H14ClF3N6O3. The number of benzene rings is 1. The second-order valence-electron chi connectivity index (χ2n) is 7.46. The Balaban J connectivity index is 2.03. The molecule has 0 spiro atoms. The summed E-state index contributed by atoms with van der Waals surface area (Å²) in [5.74, 6) is -0.866. The Bertz CT molecular complexity index is 1500. The van der Waals surface area contributed by atoms with E-state index in [4.69, 9.17) is 11.6 Å². The minimum absolute atomic E-state index is 0.0112. The lowest BCUT2D eigenvalue weighted by molar-refractivity contribution is -0.167. The third-order valence-corrected chi connectivity index (χ3v) is 5.52. The predicted molar refractivity (Wildman–Crippen MR) is 118 cm³/mol. The van der Waals surface area contributed by atoms with Gasteiger partial charge in [0.25, 0.3) is 5.56 Å². The van der Waals surface area contributed by atoms with Crippen molar-refractivity contribution in [1.29, 1.82) is 10.5 Å². The van der Waals surface area contributed by atoms with Crippen LogP contribution < -0.4 is 16.1 Å². The molecule has 3 heterocycles. The van der Waals surface area contributed by atoms with Gasteiger partial charge in [-0.3, -0.25) is 14.3 Å². The first-order valence-corrected chi connectivity index (χ1v) is 10.4. The SMILES string of the molecule is N#CCn1c(N2CC(OC(F)F)C2)c(-c2ccc(F)c(C#N)c2)c(=O)n(-c2cncc(Cl)c2)c1=O. The molecule has 0 atom stereocenters.